The maximum Gasteiger partial charge on any atom is 0.407 e. The van der Waals surface area contributed by atoms with E-state index in [1.54, 1.807) is 0 Å². The molecule has 0 saturated carbocycles. The van der Waals surface area contributed by atoms with E-state index in [0.717, 1.165) is 22.3 Å². The third-order valence-electron chi connectivity index (χ3n) is 6.10. The largest absolute Gasteiger partial charge is 0.480 e. The summed E-state index contributed by atoms with van der Waals surface area (Å²) in [6.07, 6.45) is -0.305. The van der Waals surface area contributed by atoms with E-state index >= 15 is 0 Å². The topological polar surface area (TPSA) is 125 Å². The number of carboxylic acids is 1. The first-order valence-electron chi connectivity index (χ1n) is 11.8. The van der Waals surface area contributed by atoms with Crippen LogP contribution in [0, 0.1) is 11.3 Å². The molecule has 0 bridgehead atoms. The number of fused-ring (bicyclic) bond motifs is 3. The number of aliphatic carboxylic acids is 1. The molecule has 35 heavy (non-hydrogen) atoms. The zero-order chi connectivity index (χ0) is 25.6. The van der Waals surface area contributed by atoms with Crippen molar-refractivity contribution in [3.8, 4) is 11.1 Å². The summed E-state index contributed by atoms with van der Waals surface area (Å²) in [5.74, 6) is -2.43. The van der Waals surface area contributed by atoms with Crippen LogP contribution in [0.15, 0.2) is 48.5 Å². The summed E-state index contributed by atoms with van der Waals surface area (Å²) < 4.78 is 5.55. The quantitative estimate of drug-likeness (QED) is 0.411. The molecule has 2 atom stereocenters. The van der Waals surface area contributed by atoms with Gasteiger partial charge in [0.15, 0.2) is 0 Å². The zero-order valence-corrected chi connectivity index (χ0v) is 20.4. The Morgan fingerprint density at radius 3 is 2.09 bits per heavy atom. The van der Waals surface area contributed by atoms with Gasteiger partial charge in [-0.1, -0.05) is 69.3 Å². The highest BCUT2D eigenvalue weighted by molar-refractivity contribution is 5.85. The Morgan fingerprint density at radius 2 is 1.57 bits per heavy atom. The molecule has 188 valence electrons. The number of nitrogens with one attached hydrogen (secondary N) is 2. The summed E-state index contributed by atoms with van der Waals surface area (Å²) in [6, 6.07) is 14.9. The maximum atomic E-state index is 12.8. The van der Waals surface area contributed by atoms with E-state index in [-0.39, 0.29) is 37.5 Å². The molecular weight excluding hydrogens is 448 g/mol. The smallest absolute Gasteiger partial charge is 0.407 e. The number of carbonyl (C=O) groups is 3. The standard InChI is InChI=1S/C27H34N2O6/c1-27(2,3)14-17(24(31)29-23(12-13-30)25(32)33)15-28-26(34)35-16-22-20-10-6-4-8-18(20)19-9-5-7-11-21(19)22/h4-11,17,22-23,30H,12-16H2,1-3H3,(H,28,34)(H,29,31)(H,32,33)/t17?,23-/m1/s1. The van der Waals surface area contributed by atoms with Crippen LogP contribution in [0.4, 0.5) is 4.79 Å². The summed E-state index contributed by atoms with van der Waals surface area (Å²) in [6.45, 7) is 5.69. The minimum Gasteiger partial charge on any atom is -0.480 e. The average Bonchev–Trinajstić information content (AvgIpc) is 3.13. The average molecular weight is 483 g/mol. The highest BCUT2D eigenvalue weighted by atomic mass is 16.5. The van der Waals surface area contributed by atoms with Crippen LogP contribution in [0.1, 0.15) is 50.7 Å². The lowest BCUT2D eigenvalue weighted by Crippen LogP contribution is -2.47. The molecule has 8 heteroatoms. The first-order valence-corrected chi connectivity index (χ1v) is 11.8. The molecule has 8 nitrogen and oxygen atoms in total. The van der Waals surface area contributed by atoms with E-state index in [1.807, 2.05) is 57.2 Å². The second-order valence-corrected chi connectivity index (χ2v) is 10.1. The lowest BCUT2D eigenvalue weighted by Gasteiger charge is -2.26. The van der Waals surface area contributed by atoms with Crippen molar-refractivity contribution in [3.63, 3.8) is 0 Å². The molecule has 1 aliphatic carbocycles. The third kappa shape index (κ3) is 6.82. The van der Waals surface area contributed by atoms with Gasteiger partial charge in [-0.15, -0.1) is 0 Å². The molecule has 1 unspecified atom stereocenters. The van der Waals surface area contributed by atoms with Gasteiger partial charge < -0.3 is 25.6 Å². The predicted octanol–water partition coefficient (Wildman–Crippen LogP) is 3.53. The molecule has 0 radical (unpaired) electrons. The Morgan fingerprint density at radius 1 is 1.00 bits per heavy atom. The number of ether oxygens (including phenoxy) is 1. The summed E-state index contributed by atoms with van der Waals surface area (Å²) in [7, 11) is 0. The molecule has 0 spiro atoms. The molecule has 3 rings (SSSR count). The monoisotopic (exact) mass is 482 g/mol. The molecule has 0 heterocycles. The van der Waals surface area contributed by atoms with Gasteiger partial charge in [-0.05, 0) is 34.1 Å². The van der Waals surface area contributed by atoms with Gasteiger partial charge >= 0.3 is 12.1 Å². The van der Waals surface area contributed by atoms with Crippen LogP contribution in [0.2, 0.25) is 0 Å². The molecule has 2 aromatic rings. The molecule has 0 saturated heterocycles. The van der Waals surface area contributed by atoms with E-state index in [9.17, 15) is 19.5 Å². The fraction of sp³-hybridized carbons (Fsp3) is 0.444. The van der Waals surface area contributed by atoms with Crippen molar-refractivity contribution in [2.75, 3.05) is 19.8 Å². The number of aliphatic hydroxyl groups is 1. The van der Waals surface area contributed by atoms with Gasteiger partial charge in [-0.2, -0.15) is 0 Å². The first kappa shape index (κ1) is 26.2. The van der Waals surface area contributed by atoms with Gasteiger partial charge in [-0.3, -0.25) is 4.79 Å². The Bertz CT molecular complexity index is 1020. The van der Waals surface area contributed by atoms with E-state index in [0.29, 0.717) is 6.42 Å². The van der Waals surface area contributed by atoms with E-state index in [2.05, 4.69) is 22.8 Å². The third-order valence-corrected chi connectivity index (χ3v) is 6.10. The summed E-state index contributed by atoms with van der Waals surface area (Å²) >= 11 is 0. The molecule has 4 N–H and O–H groups in total. The van der Waals surface area contributed by atoms with Crippen LogP contribution in [0.5, 0.6) is 0 Å². The van der Waals surface area contributed by atoms with Crippen molar-refractivity contribution >= 4 is 18.0 Å². The minimum absolute atomic E-state index is 0.00520. The van der Waals surface area contributed by atoms with Gasteiger partial charge in [0.25, 0.3) is 0 Å². The number of rotatable bonds is 10. The summed E-state index contributed by atoms with van der Waals surface area (Å²) in [5.41, 5.74) is 4.25. The van der Waals surface area contributed by atoms with Crippen molar-refractivity contribution in [1.82, 2.24) is 10.6 Å². The number of alkyl carbamates (subject to hydrolysis) is 1. The first-order chi connectivity index (χ1) is 16.6. The zero-order valence-electron chi connectivity index (χ0n) is 20.4. The highest BCUT2D eigenvalue weighted by Gasteiger charge is 2.31. The van der Waals surface area contributed by atoms with Crippen LogP contribution < -0.4 is 10.6 Å². The fourth-order valence-electron chi connectivity index (χ4n) is 4.53. The van der Waals surface area contributed by atoms with Crippen LogP contribution in [0.25, 0.3) is 11.1 Å². The van der Waals surface area contributed by atoms with Gasteiger partial charge in [0.1, 0.15) is 12.6 Å². The Labute approximate surface area is 205 Å². The van der Waals surface area contributed by atoms with Crippen molar-refractivity contribution < 1.29 is 29.3 Å². The maximum absolute atomic E-state index is 12.8. The Kier molecular flexibility index (Phi) is 8.51. The molecule has 2 aromatic carbocycles. The van der Waals surface area contributed by atoms with E-state index in [4.69, 9.17) is 9.84 Å². The Hall–Kier alpha value is -3.39. The Balaban J connectivity index is 1.62. The molecule has 0 aliphatic heterocycles. The molecule has 0 aromatic heterocycles. The van der Waals surface area contributed by atoms with Crippen LogP contribution in [-0.2, 0) is 14.3 Å². The van der Waals surface area contributed by atoms with Crippen molar-refractivity contribution in [1.29, 1.82) is 0 Å². The number of aliphatic hydroxyl groups excluding tert-OH is 1. The molecule has 0 fully saturated rings. The van der Waals surface area contributed by atoms with E-state index < -0.39 is 29.9 Å². The number of hydrogen-bond acceptors (Lipinski definition) is 5. The number of carbonyl (C=O) groups excluding carboxylic acids is 2. The van der Waals surface area contributed by atoms with Gasteiger partial charge in [0.2, 0.25) is 5.91 Å². The second-order valence-electron chi connectivity index (χ2n) is 10.1. The fourth-order valence-corrected chi connectivity index (χ4v) is 4.53. The van der Waals surface area contributed by atoms with Gasteiger partial charge in [0, 0.05) is 25.5 Å². The van der Waals surface area contributed by atoms with Crippen molar-refractivity contribution in [3.05, 3.63) is 59.7 Å². The lowest BCUT2D eigenvalue weighted by atomic mass is 9.84. The SMILES string of the molecule is CC(C)(C)CC(CNC(=O)OCC1c2ccccc2-c2ccccc21)C(=O)N[C@H](CCO)C(=O)O. The van der Waals surface area contributed by atoms with Crippen LogP contribution >= 0.6 is 0 Å². The number of carboxylic acid groups (broad SMARTS) is 1. The number of amides is 2. The van der Waals surface area contributed by atoms with Gasteiger partial charge in [-0.25, -0.2) is 9.59 Å². The molecule has 1 aliphatic rings. The van der Waals surface area contributed by atoms with Gasteiger partial charge in [0.05, 0.1) is 5.92 Å². The highest BCUT2D eigenvalue weighted by Crippen LogP contribution is 2.44. The minimum atomic E-state index is -1.22. The van der Waals surface area contributed by atoms with Crippen molar-refractivity contribution in [2.24, 2.45) is 11.3 Å². The number of hydrogen-bond donors (Lipinski definition) is 4. The second kappa shape index (κ2) is 11.4. The lowest BCUT2D eigenvalue weighted by molar-refractivity contribution is -0.143. The van der Waals surface area contributed by atoms with E-state index in [1.165, 1.54) is 0 Å². The summed E-state index contributed by atoms with van der Waals surface area (Å²) in [5, 5.41) is 23.5. The van der Waals surface area contributed by atoms with Crippen molar-refractivity contribution in [2.45, 2.75) is 45.6 Å². The molecular formula is C27H34N2O6. The number of benzene rings is 2. The molecule has 2 amide bonds. The summed E-state index contributed by atoms with van der Waals surface area (Å²) in [4.78, 5) is 36.7. The normalized spacial score (nSPS) is 14.4. The van der Waals surface area contributed by atoms with Crippen LogP contribution in [0.3, 0.4) is 0 Å². The van der Waals surface area contributed by atoms with Crippen LogP contribution in [-0.4, -0.2) is 54.0 Å². The predicted molar refractivity (Wildman–Crippen MR) is 132 cm³/mol.